The minimum atomic E-state index is -0.447. The van der Waals surface area contributed by atoms with Crippen molar-refractivity contribution in [3.8, 4) is 10.7 Å². The van der Waals surface area contributed by atoms with E-state index in [2.05, 4.69) is 28.8 Å². The molecular weight excluding hydrogens is 390 g/mol. The van der Waals surface area contributed by atoms with Crippen molar-refractivity contribution in [3.63, 3.8) is 0 Å². The van der Waals surface area contributed by atoms with Gasteiger partial charge in [-0.3, -0.25) is 9.78 Å². The van der Waals surface area contributed by atoms with Crippen molar-refractivity contribution >= 4 is 29.0 Å². The number of amides is 1. The van der Waals surface area contributed by atoms with Crippen LogP contribution in [0.3, 0.4) is 0 Å². The van der Waals surface area contributed by atoms with Crippen LogP contribution in [0.15, 0.2) is 29.6 Å². The standard InChI is InChI=1S/C20H21N5OS2/c1-11-9-21-19(27-5)24-14(11)17-23-15-16(28-17)20(3,4)25(18(15)26)10-13-8-6-7-12(2)22-13/h6-9H,10H2,1-5H3. The molecule has 6 nitrogen and oxygen atoms in total. The lowest BCUT2D eigenvalue weighted by Gasteiger charge is -2.31. The van der Waals surface area contributed by atoms with Crippen LogP contribution >= 0.6 is 23.1 Å². The summed E-state index contributed by atoms with van der Waals surface area (Å²) in [5.74, 6) is -0.0531. The first-order valence-corrected chi connectivity index (χ1v) is 11.0. The van der Waals surface area contributed by atoms with E-state index in [1.54, 1.807) is 11.3 Å². The van der Waals surface area contributed by atoms with E-state index in [0.29, 0.717) is 17.4 Å². The van der Waals surface area contributed by atoms with Gasteiger partial charge in [0.2, 0.25) is 0 Å². The van der Waals surface area contributed by atoms with Crippen LogP contribution in [0.25, 0.3) is 10.7 Å². The highest BCUT2D eigenvalue weighted by atomic mass is 32.2. The van der Waals surface area contributed by atoms with Crippen molar-refractivity contribution in [2.45, 2.75) is 44.9 Å². The number of nitrogens with zero attached hydrogens (tertiary/aromatic N) is 5. The van der Waals surface area contributed by atoms with Crippen molar-refractivity contribution < 1.29 is 4.79 Å². The molecule has 0 saturated carbocycles. The molecule has 0 radical (unpaired) electrons. The summed E-state index contributed by atoms with van der Waals surface area (Å²) >= 11 is 3.04. The lowest BCUT2D eigenvalue weighted by molar-refractivity contribution is 0.0591. The lowest BCUT2D eigenvalue weighted by atomic mass is 10.0. The van der Waals surface area contributed by atoms with Crippen LogP contribution in [-0.4, -0.2) is 37.0 Å². The van der Waals surface area contributed by atoms with Crippen molar-refractivity contribution in [1.29, 1.82) is 0 Å². The molecule has 28 heavy (non-hydrogen) atoms. The van der Waals surface area contributed by atoms with Gasteiger partial charge in [-0.1, -0.05) is 17.8 Å². The fraction of sp³-hybridized carbons (Fsp3) is 0.350. The van der Waals surface area contributed by atoms with Crippen LogP contribution in [0, 0.1) is 13.8 Å². The number of fused-ring (bicyclic) bond motifs is 1. The molecule has 144 valence electrons. The summed E-state index contributed by atoms with van der Waals surface area (Å²) in [4.78, 5) is 34.1. The van der Waals surface area contributed by atoms with Gasteiger partial charge in [0, 0.05) is 11.9 Å². The molecule has 0 spiro atoms. The molecule has 1 amide bonds. The first-order valence-electron chi connectivity index (χ1n) is 8.95. The molecule has 0 fully saturated rings. The Morgan fingerprint density at radius 3 is 2.61 bits per heavy atom. The Morgan fingerprint density at radius 2 is 1.93 bits per heavy atom. The molecule has 1 aliphatic rings. The molecule has 0 atom stereocenters. The van der Waals surface area contributed by atoms with E-state index in [9.17, 15) is 4.79 Å². The summed E-state index contributed by atoms with van der Waals surface area (Å²) < 4.78 is 0. The minimum Gasteiger partial charge on any atom is -0.321 e. The largest absolute Gasteiger partial charge is 0.321 e. The third-order valence-corrected chi connectivity index (χ3v) is 6.84. The smallest absolute Gasteiger partial charge is 0.274 e. The van der Waals surface area contributed by atoms with Gasteiger partial charge >= 0.3 is 0 Å². The number of carbonyl (C=O) groups excluding carboxylic acids is 1. The average molecular weight is 412 g/mol. The first kappa shape index (κ1) is 19.0. The molecule has 0 unspecified atom stereocenters. The maximum atomic E-state index is 13.2. The summed E-state index contributed by atoms with van der Waals surface area (Å²) in [6, 6.07) is 5.88. The second-order valence-electron chi connectivity index (χ2n) is 7.31. The zero-order chi connectivity index (χ0) is 20.1. The zero-order valence-corrected chi connectivity index (χ0v) is 18.1. The van der Waals surface area contributed by atoms with Gasteiger partial charge in [-0.2, -0.15) is 0 Å². The van der Waals surface area contributed by atoms with Crippen LogP contribution in [0.4, 0.5) is 0 Å². The molecule has 8 heteroatoms. The number of pyridine rings is 1. The number of rotatable bonds is 4. The highest BCUT2D eigenvalue weighted by molar-refractivity contribution is 7.98. The summed E-state index contributed by atoms with van der Waals surface area (Å²) in [5, 5.41) is 1.48. The zero-order valence-electron chi connectivity index (χ0n) is 16.5. The highest BCUT2D eigenvalue weighted by Gasteiger charge is 2.46. The van der Waals surface area contributed by atoms with E-state index < -0.39 is 5.54 Å². The normalized spacial score (nSPS) is 15.2. The quantitative estimate of drug-likeness (QED) is 0.473. The Morgan fingerprint density at radius 1 is 1.14 bits per heavy atom. The number of aryl methyl sites for hydroxylation is 2. The second kappa shape index (κ2) is 6.93. The third-order valence-electron chi connectivity index (χ3n) is 4.91. The summed E-state index contributed by atoms with van der Waals surface area (Å²) in [6.45, 7) is 8.52. The van der Waals surface area contributed by atoms with Crippen molar-refractivity contribution in [2.75, 3.05) is 6.26 Å². The minimum absolute atomic E-state index is 0.0531. The molecule has 0 aromatic carbocycles. The van der Waals surface area contributed by atoms with Gasteiger partial charge in [0.1, 0.15) is 16.4 Å². The van der Waals surface area contributed by atoms with Crippen LogP contribution in [0.5, 0.6) is 0 Å². The van der Waals surface area contributed by atoms with E-state index in [4.69, 9.17) is 4.98 Å². The predicted octanol–water partition coefficient (Wildman–Crippen LogP) is 4.22. The SMILES string of the molecule is CSc1ncc(C)c(-c2nc3c(s2)C(C)(C)N(Cc2cccc(C)n2)C3=O)n1. The fourth-order valence-electron chi connectivity index (χ4n) is 3.35. The monoisotopic (exact) mass is 411 g/mol. The predicted molar refractivity (Wildman–Crippen MR) is 112 cm³/mol. The van der Waals surface area contributed by atoms with E-state index in [1.165, 1.54) is 11.8 Å². The van der Waals surface area contributed by atoms with Crippen LogP contribution < -0.4 is 0 Å². The number of carbonyl (C=O) groups is 1. The molecule has 0 saturated heterocycles. The van der Waals surface area contributed by atoms with Gasteiger partial charge in [-0.25, -0.2) is 15.0 Å². The summed E-state index contributed by atoms with van der Waals surface area (Å²) in [6.07, 6.45) is 3.75. The maximum Gasteiger partial charge on any atom is 0.274 e. The molecule has 0 bridgehead atoms. The number of hydrogen-bond donors (Lipinski definition) is 0. The van der Waals surface area contributed by atoms with E-state index in [0.717, 1.165) is 32.5 Å². The van der Waals surface area contributed by atoms with Gasteiger partial charge in [0.25, 0.3) is 5.91 Å². The Hall–Kier alpha value is -2.32. The molecule has 3 aromatic rings. The number of thioether (sulfide) groups is 1. The van der Waals surface area contributed by atoms with Crippen LogP contribution in [-0.2, 0) is 12.1 Å². The Kier molecular flexibility index (Phi) is 4.71. The molecule has 4 rings (SSSR count). The molecular formula is C20H21N5OS2. The van der Waals surface area contributed by atoms with E-state index in [1.807, 2.05) is 49.4 Å². The van der Waals surface area contributed by atoms with Crippen LogP contribution in [0.2, 0.25) is 0 Å². The average Bonchev–Trinajstić information content (AvgIpc) is 3.17. The van der Waals surface area contributed by atoms with Crippen molar-refractivity contribution in [2.24, 2.45) is 0 Å². The Balaban J connectivity index is 1.71. The van der Waals surface area contributed by atoms with Gasteiger partial charge in [0.15, 0.2) is 5.16 Å². The first-order chi connectivity index (χ1) is 13.3. The highest BCUT2D eigenvalue weighted by Crippen LogP contribution is 2.45. The Labute approximate surface area is 172 Å². The lowest BCUT2D eigenvalue weighted by Crippen LogP contribution is -2.38. The molecule has 1 aliphatic heterocycles. The summed E-state index contributed by atoms with van der Waals surface area (Å²) in [7, 11) is 0. The fourth-order valence-corrected chi connectivity index (χ4v) is 4.91. The number of thiazole rings is 1. The van der Waals surface area contributed by atoms with Crippen molar-refractivity contribution in [1.82, 2.24) is 24.8 Å². The number of aromatic nitrogens is 4. The molecule has 4 heterocycles. The van der Waals surface area contributed by atoms with E-state index >= 15 is 0 Å². The third kappa shape index (κ3) is 3.10. The number of hydrogen-bond acceptors (Lipinski definition) is 7. The second-order valence-corrected chi connectivity index (χ2v) is 9.08. The molecule has 3 aromatic heterocycles. The van der Waals surface area contributed by atoms with Gasteiger partial charge in [-0.05, 0) is 51.6 Å². The van der Waals surface area contributed by atoms with Crippen LogP contribution in [0.1, 0.15) is 46.2 Å². The molecule has 0 N–H and O–H groups in total. The van der Waals surface area contributed by atoms with E-state index in [-0.39, 0.29) is 5.91 Å². The van der Waals surface area contributed by atoms with Gasteiger partial charge in [-0.15, -0.1) is 11.3 Å². The Bertz CT molecular complexity index is 1080. The van der Waals surface area contributed by atoms with Gasteiger partial charge < -0.3 is 4.90 Å². The van der Waals surface area contributed by atoms with Gasteiger partial charge in [0.05, 0.1) is 22.7 Å². The maximum absolute atomic E-state index is 13.2. The summed E-state index contributed by atoms with van der Waals surface area (Å²) in [5.41, 5.74) is 3.66. The molecule has 0 aliphatic carbocycles. The topological polar surface area (TPSA) is 71.9 Å². The van der Waals surface area contributed by atoms with Crippen molar-refractivity contribution in [3.05, 3.63) is 51.9 Å².